The molecule has 1 aromatic heterocycles. The van der Waals surface area contributed by atoms with Crippen LogP contribution < -0.4 is 0 Å². The van der Waals surface area contributed by atoms with Crippen molar-refractivity contribution in [2.75, 3.05) is 20.1 Å². The third-order valence-corrected chi connectivity index (χ3v) is 5.41. The van der Waals surface area contributed by atoms with Crippen LogP contribution in [0, 0.1) is 0 Å². The number of hydrogen-bond donors (Lipinski definition) is 1. The van der Waals surface area contributed by atoms with E-state index in [1.807, 2.05) is 12.3 Å². The zero-order valence-electron chi connectivity index (χ0n) is 15.5. The van der Waals surface area contributed by atoms with Crippen LogP contribution in [0.1, 0.15) is 41.6 Å². The summed E-state index contributed by atoms with van der Waals surface area (Å²) in [5.41, 5.74) is 3.13. The number of aliphatic carboxylic acids is 1. The van der Waals surface area contributed by atoms with E-state index in [1.165, 1.54) is 11.1 Å². The Morgan fingerprint density at radius 2 is 2.04 bits per heavy atom. The minimum atomic E-state index is -0.970. The van der Waals surface area contributed by atoms with Crippen LogP contribution in [-0.4, -0.2) is 51.8 Å². The standard InChI is InChI=1S/C21H25N3O3/c1-23-11-9-17(10-12-23)27-20-18-5-3-2-4-15(18)8-13-24-14-16(22-21(20)24)6-7-19(25)26/h2-7,14,17,20H,8-13H2,1H3,(H,25,26)/b7-6+. The topological polar surface area (TPSA) is 67.6 Å². The van der Waals surface area contributed by atoms with Crippen molar-refractivity contribution in [3.8, 4) is 0 Å². The second-order valence-electron chi connectivity index (χ2n) is 7.36. The van der Waals surface area contributed by atoms with E-state index in [0.717, 1.165) is 50.8 Å². The minimum Gasteiger partial charge on any atom is -0.478 e. The second-order valence-corrected chi connectivity index (χ2v) is 7.36. The van der Waals surface area contributed by atoms with Crippen LogP contribution >= 0.6 is 0 Å². The number of benzene rings is 1. The van der Waals surface area contributed by atoms with Crippen LogP contribution in [0.4, 0.5) is 0 Å². The van der Waals surface area contributed by atoms with Gasteiger partial charge in [0.15, 0.2) is 0 Å². The van der Waals surface area contributed by atoms with Crippen molar-refractivity contribution in [3.05, 3.63) is 59.2 Å². The number of piperidine rings is 1. The first kappa shape index (κ1) is 17.9. The minimum absolute atomic E-state index is 0.209. The van der Waals surface area contributed by atoms with Gasteiger partial charge in [0.05, 0.1) is 11.8 Å². The van der Waals surface area contributed by atoms with Gasteiger partial charge in [0, 0.05) is 31.9 Å². The molecule has 1 N–H and O–H groups in total. The highest BCUT2D eigenvalue weighted by Gasteiger charge is 2.30. The maximum atomic E-state index is 10.8. The molecule has 2 aromatic rings. The predicted molar refractivity (Wildman–Crippen MR) is 102 cm³/mol. The molecular formula is C21H25N3O3. The summed E-state index contributed by atoms with van der Waals surface area (Å²) in [5, 5.41) is 8.89. The van der Waals surface area contributed by atoms with Gasteiger partial charge < -0.3 is 19.3 Å². The average Bonchev–Trinajstić information content (AvgIpc) is 3.02. The number of hydrogen-bond acceptors (Lipinski definition) is 4. The fourth-order valence-electron chi connectivity index (χ4n) is 3.92. The van der Waals surface area contributed by atoms with Gasteiger partial charge in [-0.1, -0.05) is 24.3 Å². The first-order valence-corrected chi connectivity index (χ1v) is 9.50. The summed E-state index contributed by atoms with van der Waals surface area (Å²) in [7, 11) is 2.14. The molecule has 6 nitrogen and oxygen atoms in total. The number of likely N-dealkylation sites (tertiary alicyclic amines) is 1. The number of rotatable bonds is 4. The molecule has 1 saturated heterocycles. The molecule has 0 bridgehead atoms. The number of nitrogens with zero attached hydrogens (tertiary/aromatic N) is 3. The zero-order chi connectivity index (χ0) is 18.8. The van der Waals surface area contributed by atoms with E-state index in [9.17, 15) is 4.79 Å². The largest absolute Gasteiger partial charge is 0.478 e. The summed E-state index contributed by atoms with van der Waals surface area (Å²) in [6.07, 6.45) is 7.53. The summed E-state index contributed by atoms with van der Waals surface area (Å²) >= 11 is 0. The average molecular weight is 367 g/mol. The maximum Gasteiger partial charge on any atom is 0.328 e. The van der Waals surface area contributed by atoms with Gasteiger partial charge in [0.25, 0.3) is 0 Å². The lowest BCUT2D eigenvalue weighted by Gasteiger charge is -2.32. The lowest BCUT2D eigenvalue weighted by molar-refractivity contribution is -0.131. The van der Waals surface area contributed by atoms with Crippen LogP contribution in [0.15, 0.2) is 36.5 Å². The molecule has 27 heavy (non-hydrogen) atoms. The van der Waals surface area contributed by atoms with Gasteiger partial charge in [-0.05, 0) is 43.5 Å². The van der Waals surface area contributed by atoms with Crippen LogP contribution in [0.5, 0.6) is 0 Å². The smallest absolute Gasteiger partial charge is 0.328 e. The predicted octanol–water partition coefficient (Wildman–Crippen LogP) is 2.74. The number of imidazole rings is 1. The van der Waals surface area contributed by atoms with E-state index >= 15 is 0 Å². The van der Waals surface area contributed by atoms with E-state index in [1.54, 1.807) is 6.08 Å². The van der Waals surface area contributed by atoms with E-state index in [0.29, 0.717) is 5.69 Å². The van der Waals surface area contributed by atoms with Gasteiger partial charge in [-0.15, -0.1) is 0 Å². The molecule has 1 aromatic carbocycles. The summed E-state index contributed by atoms with van der Waals surface area (Å²) < 4.78 is 8.71. The Morgan fingerprint density at radius 1 is 1.26 bits per heavy atom. The summed E-state index contributed by atoms with van der Waals surface area (Å²) in [6.45, 7) is 2.90. The van der Waals surface area contributed by atoms with E-state index in [4.69, 9.17) is 14.8 Å². The zero-order valence-corrected chi connectivity index (χ0v) is 15.5. The normalized spacial score (nSPS) is 21.0. The Kier molecular flexibility index (Phi) is 5.09. The number of carboxylic acid groups (broad SMARTS) is 1. The molecule has 2 aliphatic rings. The monoisotopic (exact) mass is 367 g/mol. The van der Waals surface area contributed by atoms with E-state index in [2.05, 4.69) is 34.7 Å². The van der Waals surface area contributed by atoms with Crippen molar-refractivity contribution in [1.29, 1.82) is 0 Å². The molecule has 0 radical (unpaired) electrons. The molecule has 6 heteroatoms. The molecule has 0 spiro atoms. The fourth-order valence-corrected chi connectivity index (χ4v) is 3.92. The Hall–Kier alpha value is -2.44. The van der Waals surface area contributed by atoms with E-state index < -0.39 is 5.97 Å². The first-order chi connectivity index (χ1) is 13.1. The number of fused-ring (bicyclic) bond motifs is 2. The van der Waals surface area contributed by atoms with Gasteiger partial charge in [-0.2, -0.15) is 0 Å². The molecule has 3 heterocycles. The van der Waals surface area contributed by atoms with Crippen LogP contribution in [0.3, 0.4) is 0 Å². The van der Waals surface area contributed by atoms with Crippen molar-refractivity contribution in [2.45, 2.75) is 38.0 Å². The molecule has 0 saturated carbocycles. The van der Waals surface area contributed by atoms with Crippen molar-refractivity contribution in [1.82, 2.24) is 14.5 Å². The molecule has 142 valence electrons. The SMILES string of the molecule is CN1CCC(OC2c3ccccc3CCn3cc(/C=C/C(=O)O)nc32)CC1. The quantitative estimate of drug-likeness (QED) is 0.842. The number of ether oxygens (including phenoxy) is 1. The number of aryl methyl sites for hydroxylation is 2. The molecule has 0 amide bonds. The lowest BCUT2D eigenvalue weighted by Crippen LogP contribution is -2.35. The molecular weight excluding hydrogens is 342 g/mol. The van der Waals surface area contributed by atoms with Crippen LogP contribution in [-0.2, 0) is 22.5 Å². The van der Waals surface area contributed by atoms with Crippen molar-refractivity contribution in [2.24, 2.45) is 0 Å². The molecule has 0 aliphatic carbocycles. The second kappa shape index (κ2) is 7.66. The van der Waals surface area contributed by atoms with E-state index in [-0.39, 0.29) is 12.2 Å². The van der Waals surface area contributed by atoms with Crippen LogP contribution in [0.25, 0.3) is 6.08 Å². The van der Waals surface area contributed by atoms with Crippen molar-refractivity contribution < 1.29 is 14.6 Å². The number of aromatic nitrogens is 2. The first-order valence-electron chi connectivity index (χ1n) is 9.50. The highest BCUT2D eigenvalue weighted by atomic mass is 16.5. The Bertz CT molecular complexity index is 850. The third-order valence-electron chi connectivity index (χ3n) is 5.41. The summed E-state index contributed by atoms with van der Waals surface area (Å²) in [4.78, 5) is 17.9. The number of carbonyl (C=O) groups is 1. The van der Waals surface area contributed by atoms with Gasteiger partial charge in [0.1, 0.15) is 11.9 Å². The van der Waals surface area contributed by atoms with Crippen molar-refractivity contribution >= 4 is 12.0 Å². The third kappa shape index (κ3) is 3.96. The molecule has 1 atom stereocenters. The molecule has 4 rings (SSSR count). The Labute approximate surface area is 159 Å². The van der Waals surface area contributed by atoms with Gasteiger partial charge in [-0.25, -0.2) is 9.78 Å². The summed E-state index contributed by atoms with van der Waals surface area (Å²) in [5.74, 6) is -0.105. The van der Waals surface area contributed by atoms with Gasteiger partial charge >= 0.3 is 5.97 Å². The summed E-state index contributed by atoms with van der Waals surface area (Å²) in [6, 6.07) is 8.42. The Balaban J connectivity index is 1.68. The van der Waals surface area contributed by atoms with Crippen LogP contribution in [0.2, 0.25) is 0 Å². The molecule has 1 fully saturated rings. The van der Waals surface area contributed by atoms with Gasteiger partial charge in [0.2, 0.25) is 0 Å². The van der Waals surface area contributed by atoms with Gasteiger partial charge in [-0.3, -0.25) is 0 Å². The highest BCUT2D eigenvalue weighted by Crippen LogP contribution is 2.34. The fraction of sp³-hybridized carbons (Fsp3) is 0.429. The lowest BCUT2D eigenvalue weighted by atomic mass is 10.00. The highest BCUT2D eigenvalue weighted by molar-refractivity contribution is 5.84. The maximum absolute atomic E-state index is 10.8. The number of carboxylic acids is 1. The Morgan fingerprint density at radius 3 is 2.81 bits per heavy atom. The van der Waals surface area contributed by atoms with Crippen molar-refractivity contribution in [3.63, 3.8) is 0 Å². The molecule has 1 unspecified atom stereocenters. The molecule has 2 aliphatic heterocycles.